The third kappa shape index (κ3) is 5.21. The van der Waals surface area contributed by atoms with Gasteiger partial charge in [0.1, 0.15) is 11.6 Å². The molecule has 1 rings (SSSR count). The Morgan fingerprint density at radius 1 is 1.43 bits per heavy atom. The fourth-order valence-electron chi connectivity index (χ4n) is 1.51. The van der Waals surface area contributed by atoms with Crippen LogP contribution in [0.3, 0.4) is 0 Å². The quantitative estimate of drug-likeness (QED) is 0.662. The summed E-state index contributed by atoms with van der Waals surface area (Å²) in [6.07, 6.45) is 1.14. The maximum absolute atomic E-state index is 11.9. The Balaban J connectivity index is 2.90. The average molecular weight is 311 g/mol. The van der Waals surface area contributed by atoms with Crippen molar-refractivity contribution in [1.82, 2.24) is 0 Å². The van der Waals surface area contributed by atoms with Gasteiger partial charge in [-0.15, -0.1) is 0 Å². The number of hydrogen-bond donors (Lipinski definition) is 2. The molecule has 0 bridgehead atoms. The second-order valence-electron chi connectivity index (χ2n) is 5.44. The first-order valence-corrected chi connectivity index (χ1v) is 6.73. The van der Waals surface area contributed by atoms with Gasteiger partial charge >= 0.3 is 5.97 Å². The minimum atomic E-state index is -0.939. The van der Waals surface area contributed by atoms with Gasteiger partial charge in [0.25, 0.3) is 0 Å². The summed E-state index contributed by atoms with van der Waals surface area (Å²) in [6.45, 7) is 8.64. The molecule has 0 spiro atoms. The molecule has 0 aliphatic carbocycles. The number of carbonyl (C=O) groups is 2. The summed E-state index contributed by atoms with van der Waals surface area (Å²) >= 11 is 6.06. The van der Waals surface area contributed by atoms with Crippen LogP contribution in [0, 0.1) is 0 Å². The summed E-state index contributed by atoms with van der Waals surface area (Å²) < 4.78 is 5.22. The van der Waals surface area contributed by atoms with E-state index in [9.17, 15) is 9.59 Å². The van der Waals surface area contributed by atoms with E-state index in [0.29, 0.717) is 11.3 Å². The predicted octanol–water partition coefficient (Wildman–Crippen LogP) is 2.81. The molecule has 1 atom stereocenters. The lowest BCUT2D eigenvalue weighted by molar-refractivity contribution is -0.156. The highest BCUT2D eigenvalue weighted by atomic mass is 35.5. The third-order valence-electron chi connectivity index (χ3n) is 2.46. The van der Waals surface area contributed by atoms with Crippen molar-refractivity contribution in [3.8, 4) is 0 Å². The standard InChI is InChI=1S/C15H19ClN2O3/c1-5-12(19)18-11-7-6-9(8-10(11)16)13(17)14(20)21-15(2,3)4/h5-8,13H,1,17H2,2-4H3,(H,18,19). The number of amides is 1. The maximum atomic E-state index is 11.9. The van der Waals surface area contributed by atoms with Gasteiger partial charge in [0.2, 0.25) is 5.91 Å². The van der Waals surface area contributed by atoms with E-state index in [2.05, 4.69) is 11.9 Å². The lowest BCUT2D eigenvalue weighted by atomic mass is 10.1. The SMILES string of the molecule is C=CC(=O)Nc1ccc(C(N)C(=O)OC(C)(C)C)cc1Cl. The van der Waals surface area contributed by atoms with Crippen LogP contribution in [0.5, 0.6) is 0 Å². The fraction of sp³-hybridized carbons (Fsp3) is 0.333. The summed E-state index contributed by atoms with van der Waals surface area (Å²) in [6, 6.07) is 3.77. The molecule has 0 fully saturated rings. The lowest BCUT2D eigenvalue weighted by Crippen LogP contribution is -2.31. The molecule has 5 nitrogen and oxygen atoms in total. The van der Waals surface area contributed by atoms with Gasteiger partial charge in [0.05, 0.1) is 10.7 Å². The van der Waals surface area contributed by atoms with Crippen molar-refractivity contribution in [3.05, 3.63) is 41.4 Å². The highest BCUT2D eigenvalue weighted by Crippen LogP contribution is 2.26. The molecule has 1 unspecified atom stereocenters. The van der Waals surface area contributed by atoms with Crippen LogP contribution in [0.4, 0.5) is 5.69 Å². The van der Waals surface area contributed by atoms with Crippen molar-refractivity contribution >= 4 is 29.2 Å². The number of esters is 1. The van der Waals surface area contributed by atoms with E-state index in [1.54, 1.807) is 32.9 Å². The second-order valence-corrected chi connectivity index (χ2v) is 5.85. The average Bonchev–Trinajstić information content (AvgIpc) is 2.38. The molecule has 1 aromatic carbocycles. The first kappa shape index (κ1) is 17.2. The van der Waals surface area contributed by atoms with E-state index in [-0.39, 0.29) is 10.9 Å². The van der Waals surface area contributed by atoms with Crippen LogP contribution >= 0.6 is 11.6 Å². The Hall–Kier alpha value is -1.85. The minimum absolute atomic E-state index is 0.279. The molecule has 0 saturated heterocycles. The number of halogens is 1. The molecule has 114 valence electrons. The smallest absolute Gasteiger partial charge is 0.328 e. The van der Waals surface area contributed by atoms with E-state index >= 15 is 0 Å². The molecule has 1 amide bonds. The van der Waals surface area contributed by atoms with Crippen LogP contribution in [0.2, 0.25) is 5.02 Å². The van der Waals surface area contributed by atoms with E-state index in [4.69, 9.17) is 22.1 Å². The highest BCUT2D eigenvalue weighted by Gasteiger charge is 2.24. The predicted molar refractivity (Wildman–Crippen MR) is 83.1 cm³/mol. The van der Waals surface area contributed by atoms with Crippen LogP contribution in [0.1, 0.15) is 32.4 Å². The summed E-state index contributed by atoms with van der Waals surface area (Å²) in [5.74, 6) is -0.914. The van der Waals surface area contributed by atoms with Gasteiger partial charge in [-0.3, -0.25) is 4.79 Å². The van der Waals surface area contributed by atoms with Crippen LogP contribution < -0.4 is 11.1 Å². The van der Waals surface area contributed by atoms with Crippen molar-refractivity contribution in [2.24, 2.45) is 5.73 Å². The topological polar surface area (TPSA) is 81.4 Å². The van der Waals surface area contributed by atoms with Gasteiger partial charge in [0, 0.05) is 0 Å². The molecule has 0 heterocycles. The zero-order valence-corrected chi connectivity index (χ0v) is 13.0. The largest absolute Gasteiger partial charge is 0.459 e. The van der Waals surface area contributed by atoms with Crippen molar-refractivity contribution < 1.29 is 14.3 Å². The lowest BCUT2D eigenvalue weighted by Gasteiger charge is -2.22. The molecule has 0 radical (unpaired) electrons. The molecule has 6 heteroatoms. The second kappa shape index (κ2) is 6.74. The zero-order valence-electron chi connectivity index (χ0n) is 12.3. The Morgan fingerprint density at radius 2 is 2.05 bits per heavy atom. The van der Waals surface area contributed by atoms with Crippen molar-refractivity contribution in [1.29, 1.82) is 0 Å². The van der Waals surface area contributed by atoms with Crippen LogP contribution in [0.25, 0.3) is 0 Å². The van der Waals surface area contributed by atoms with E-state index in [1.165, 1.54) is 6.07 Å². The number of nitrogens with one attached hydrogen (secondary N) is 1. The first-order valence-electron chi connectivity index (χ1n) is 6.35. The minimum Gasteiger partial charge on any atom is -0.459 e. The Labute approximate surface area is 129 Å². The van der Waals surface area contributed by atoms with E-state index < -0.39 is 17.6 Å². The van der Waals surface area contributed by atoms with E-state index in [1.807, 2.05) is 0 Å². The molecular formula is C15H19ClN2O3. The van der Waals surface area contributed by atoms with Gasteiger partial charge in [-0.2, -0.15) is 0 Å². The van der Waals surface area contributed by atoms with Crippen molar-refractivity contribution in [2.45, 2.75) is 32.4 Å². The molecule has 0 aromatic heterocycles. The Morgan fingerprint density at radius 3 is 2.52 bits per heavy atom. The van der Waals surface area contributed by atoms with E-state index in [0.717, 1.165) is 6.08 Å². The van der Waals surface area contributed by atoms with Crippen molar-refractivity contribution in [3.63, 3.8) is 0 Å². The third-order valence-corrected chi connectivity index (χ3v) is 2.77. The molecular weight excluding hydrogens is 292 g/mol. The fourth-order valence-corrected chi connectivity index (χ4v) is 1.75. The maximum Gasteiger partial charge on any atom is 0.328 e. The number of hydrogen-bond acceptors (Lipinski definition) is 4. The molecule has 1 aromatic rings. The zero-order chi connectivity index (χ0) is 16.2. The molecule has 3 N–H and O–H groups in total. The molecule has 0 aliphatic heterocycles. The number of rotatable bonds is 4. The van der Waals surface area contributed by atoms with Gasteiger partial charge in [-0.25, -0.2) is 4.79 Å². The Kier molecular flexibility index (Phi) is 5.52. The van der Waals surface area contributed by atoms with Crippen molar-refractivity contribution in [2.75, 3.05) is 5.32 Å². The van der Waals surface area contributed by atoms with Crippen LogP contribution in [0.15, 0.2) is 30.9 Å². The number of anilines is 1. The highest BCUT2D eigenvalue weighted by molar-refractivity contribution is 6.33. The summed E-state index contributed by atoms with van der Waals surface area (Å²) in [4.78, 5) is 23.1. The van der Waals surface area contributed by atoms with Crippen LogP contribution in [-0.4, -0.2) is 17.5 Å². The summed E-state index contributed by atoms with van der Waals surface area (Å²) in [7, 11) is 0. The number of benzene rings is 1. The number of ether oxygens (including phenoxy) is 1. The molecule has 0 aliphatic rings. The number of carbonyl (C=O) groups excluding carboxylic acids is 2. The molecule has 0 saturated carbocycles. The number of nitrogens with two attached hydrogens (primary N) is 1. The van der Waals surface area contributed by atoms with Gasteiger partial charge < -0.3 is 15.8 Å². The van der Waals surface area contributed by atoms with Gasteiger partial charge in [0.15, 0.2) is 0 Å². The summed E-state index contributed by atoms with van der Waals surface area (Å²) in [5.41, 5.74) is 6.16. The summed E-state index contributed by atoms with van der Waals surface area (Å²) in [5, 5.41) is 2.83. The normalized spacial score (nSPS) is 12.4. The molecule has 21 heavy (non-hydrogen) atoms. The van der Waals surface area contributed by atoms with Gasteiger partial charge in [-0.1, -0.05) is 24.2 Å². The Bertz CT molecular complexity index is 565. The first-order chi connectivity index (χ1) is 9.64. The van der Waals surface area contributed by atoms with Gasteiger partial charge in [-0.05, 0) is 44.5 Å². The monoisotopic (exact) mass is 310 g/mol. The van der Waals surface area contributed by atoms with Crippen LogP contribution in [-0.2, 0) is 14.3 Å².